The molecule has 1 aliphatic heterocycles. The maximum atomic E-state index is 12.4. The molecule has 2 aromatic rings. The van der Waals surface area contributed by atoms with Crippen molar-refractivity contribution >= 4 is 25.7 Å². The summed E-state index contributed by atoms with van der Waals surface area (Å²) >= 11 is 1.86. The first-order valence-electron chi connectivity index (χ1n) is 8.91. The van der Waals surface area contributed by atoms with Crippen LogP contribution in [0, 0.1) is 0 Å². The number of thioether (sulfide) groups is 1. The molecule has 26 heavy (non-hydrogen) atoms. The van der Waals surface area contributed by atoms with Crippen LogP contribution in [0.4, 0.5) is 0 Å². The molecule has 0 saturated heterocycles. The molecule has 0 aromatic heterocycles. The lowest BCUT2D eigenvalue weighted by Crippen LogP contribution is -2.35. The van der Waals surface area contributed by atoms with Gasteiger partial charge in [0.05, 0.1) is 8.07 Å². The van der Waals surface area contributed by atoms with Gasteiger partial charge in [-0.25, -0.2) is 0 Å². The number of carbonyl (C=O) groups is 1. The third-order valence-corrected chi connectivity index (χ3v) is 9.05. The van der Waals surface area contributed by atoms with E-state index in [9.17, 15) is 4.79 Å². The van der Waals surface area contributed by atoms with Crippen LogP contribution in [0.3, 0.4) is 0 Å². The molecule has 1 amide bonds. The molecule has 0 spiro atoms. The fraction of sp³-hybridized carbons (Fsp3) is 0.227. The van der Waals surface area contributed by atoms with E-state index in [0.29, 0.717) is 13.1 Å². The molecule has 0 N–H and O–H groups in total. The number of nitrogens with zero attached hydrogens (tertiary/aromatic N) is 1. The molecule has 0 bridgehead atoms. The number of hydrogen-bond acceptors (Lipinski definition) is 2. The van der Waals surface area contributed by atoms with Crippen LogP contribution >= 0.6 is 11.8 Å². The van der Waals surface area contributed by atoms with Crippen molar-refractivity contribution < 1.29 is 4.79 Å². The third kappa shape index (κ3) is 4.77. The second kappa shape index (κ2) is 8.10. The molecular formula is C22H25NOSSi. The van der Waals surface area contributed by atoms with E-state index < -0.39 is 8.07 Å². The Bertz CT molecular complexity index is 822. The van der Waals surface area contributed by atoms with E-state index in [2.05, 4.69) is 56.0 Å². The molecule has 0 saturated carbocycles. The summed E-state index contributed by atoms with van der Waals surface area (Å²) in [7, 11) is -1.55. The Morgan fingerprint density at radius 2 is 1.58 bits per heavy atom. The lowest BCUT2D eigenvalue weighted by Gasteiger charge is -2.30. The van der Waals surface area contributed by atoms with Crippen LogP contribution in [0.5, 0.6) is 0 Å². The number of amides is 1. The van der Waals surface area contributed by atoms with E-state index in [1.165, 1.54) is 20.6 Å². The van der Waals surface area contributed by atoms with Crippen molar-refractivity contribution in [2.24, 2.45) is 0 Å². The average Bonchev–Trinajstić information content (AvgIpc) is 2.63. The first kappa shape index (κ1) is 18.7. The normalized spacial score (nSPS) is 16.7. The first-order chi connectivity index (χ1) is 12.4. The van der Waals surface area contributed by atoms with Gasteiger partial charge in [0.2, 0.25) is 5.91 Å². The molecule has 0 aliphatic carbocycles. The smallest absolute Gasteiger partial charge is 0.247 e. The molecule has 2 nitrogen and oxygen atoms in total. The van der Waals surface area contributed by atoms with Gasteiger partial charge in [-0.05, 0) is 27.8 Å². The van der Waals surface area contributed by atoms with Crippen molar-refractivity contribution in [2.45, 2.75) is 31.1 Å². The highest BCUT2D eigenvalue weighted by atomic mass is 32.2. The van der Waals surface area contributed by atoms with Gasteiger partial charge in [0.25, 0.3) is 0 Å². The van der Waals surface area contributed by atoms with Gasteiger partial charge in [0.15, 0.2) is 0 Å². The summed E-state index contributed by atoms with van der Waals surface area (Å²) in [6, 6.07) is 20.7. The lowest BCUT2D eigenvalue weighted by atomic mass is 10.1. The van der Waals surface area contributed by atoms with Crippen molar-refractivity contribution in [3.05, 3.63) is 88.5 Å². The summed E-state index contributed by atoms with van der Waals surface area (Å²) < 4.78 is 1.45. The highest BCUT2D eigenvalue weighted by molar-refractivity contribution is 8.05. The van der Waals surface area contributed by atoms with Crippen molar-refractivity contribution in [1.29, 1.82) is 0 Å². The monoisotopic (exact) mass is 379 g/mol. The fourth-order valence-electron chi connectivity index (χ4n) is 3.01. The number of carbonyl (C=O) groups excluding carboxylic acids is 1. The Labute approximate surface area is 161 Å². The largest absolute Gasteiger partial charge is 0.330 e. The standard InChI is InChI=1S/C22H25NOSSi/c1-26(2,3)22(25-20-12-8-5-9-13-20)19-14-15-21(24)23(17-19)16-18-10-6-4-7-11-18/h4-15H,16-17H2,1-3H3/b22-19+. The van der Waals surface area contributed by atoms with E-state index in [1.807, 2.05) is 47.0 Å². The van der Waals surface area contributed by atoms with E-state index in [1.54, 1.807) is 6.08 Å². The van der Waals surface area contributed by atoms with Gasteiger partial charge in [-0.15, -0.1) is 0 Å². The van der Waals surface area contributed by atoms with Crippen LogP contribution in [0.15, 0.2) is 87.8 Å². The molecule has 0 unspecified atom stereocenters. The Hall–Kier alpha value is -2.04. The highest BCUT2D eigenvalue weighted by Crippen LogP contribution is 2.37. The Balaban J connectivity index is 1.90. The van der Waals surface area contributed by atoms with Gasteiger partial charge in [0.1, 0.15) is 0 Å². The van der Waals surface area contributed by atoms with E-state index in [-0.39, 0.29) is 5.91 Å². The maximum absolute atomic E-state index is 12.4. The van der Waals surface area contributed by atoms with Crippen LogP contribution in [0.2, 0.25) is 19.6 Å². The number of hydrogen-bond donors (Lipinski definition) is 0. The molecule has 2 aromatic carbocycles. The molecule has 1 aliphatic rings. The van der Waals surface area contributed by atoms with Gasteiger partial charge in [0, 0.05) is 24.1 Å². The predicted octanol–water partition coefficient (Wildman–Crippen LogP) is 5.51. The average molecular weight is 380 g/mol. The van der Waals surface area contributed by atoms with Gasteiger partial charge < -0.3 is 4.90 Å². The second-order valence-electron chi connectivity index (χ2n) is 7.53. The fourth-order valence-corrected chi connectivity index (χ4v) is 6.50. The zero-order valence-electron chi connectivity index (χ0n) is 15.6. The first-order valence-corrected chi connectivity index (χ1v) is 13.2. The summed E-state index contributed by atoms with van der Waals surface area (Å²) in [5.41, 5.74) is 2.45. The van der Waals surface area contributed by atoms with Crippen molar-refractivity contribution in [2.75, 3.05) is 6.54 Å². The zero-order valence-corrected chi connectivity index (χ0v) is 17.4. The Kier molecular flexibility index (Phi) is 5.84. The van der Waals surface area contributed by atoms with Crippen molar-refractivity contribution in [3.63, 3.8) is 0 Å². The van der Waals surface area contributed by atoms with Crippen molar-refractivity contribution in [3.8, 4) is 0 Å². The van der Waals surface area contributed by atoms with Crippen molar-refractivity contribution in [1.82, 2.24) is 4.90 Å². The predicted molar refractivity (Wildman–Crippen MR) is 114 cm³/mol. The maximum Gasteiger partial charge on any atom is 0.247 e. The topological polar surface area (TPSA) is 20.3 Å². The summed E-state index contributed by atoms with van der Waals surface area (Å²) in [6.45, 7) is 8.46. The van der Waals surface area contributed by atoms with Gasteiger partial charge in [-0.2, -0.15) is 0 Å². The summed E-state index contributed by atoms with van der Waals surface area (Å²) in [5, 5.41) is 0. The van der Waals surface area contributed by atoms with Crippen LogP contribution < -0.4 is 0 Å². The van der Waals surface area contributed by atoms with Gasteiger partial charge in [-0.1, -0.05) is 86.0 Å². The third-order valence-electron chi connectivity index (χ3n) is 4.25. The minimum absolute atomic E-state index is 0.0947. The van der Waals surface area contributed by atoms with E-state index in [0.717, 1.165) is 0 Å². The number of rotatable bonds is 5. The van der Waals surface area contributed by atoms with Gasteiger partial charge in [-0.3, -0.25) is 4.79 Å². The van der Waals surface area contributed by atoms with Crippen LogP contribution in [0.25, 0.3) is 0 Å². The van der Waals surface area contributed by atoms with Crippen LogP contribution in [-0.4, -0.2) is 25.4 Å². The minimum Gasteiger partial charge on any atom is -0.330 e. The van der Waals surface area contributed by atoms with E-state index in [4.69, 9.17) is 0 Å². The van der Waals surface area contributed by atoms with Crippen LogP contribution in [-0.2, 0) is 11.3 Å². The summed E-state index contributed by atoms with van der Waals surface area (Å²) in [4.78, 5) is 15.6. The summed E-state index contributed by atoms with van der Waals surface area (Å²) in [5.74, 6) is 0.0947. The molecule has 134 valence electrons. The minimum atomic E-state index is -1.55. The highest BCUT2D eigenvalue weighted by Gasteiger charge is 2.27. The Morgan fingerprint density at radius 3 is 2.19 bits per heavy atom. The molecule has 0 radical (unpaired) electrons. The van der Waals surface area contributed by atoms with Gasteiger partial charge >= 0.3 is 0 Å². The lowest BCUT2D eigenvalue weighted by molar-refractivity contribution is -0.126. The van der Waals surface area contributed by atoms with E-state index >= 15 is 0 Å². The SMILES string of the molecule is C[Si](C)(C)/C(Sc1ccccc1)=C1\C=CC(=O)N(Cc2ccccc2)C1. The molecular weight excluding hydrogens is 354 g/mol. The zero-order chi connectivity index (χ0) is 18.6. The molecule has 0 fully saturated rings. The second-order valence-corrected chi connectivity index (χ2v) is 14.0. The summed E-state index contributed by atoms with van der Waals surface area (Å²) in [6.07, 6.45) is 3.76. The quantitative estimate of drug-likeness (QED) is 0.504. The molecule has 4 heteroatoms. The molecule has 3 rings (SSSR count). The molecule has 1 heterocycles. The molecule has 0 atom stereocenters. The number of benzene rings is 2. The van der Waals surface area contributed by atoms with Crippen LogP contribution in [0.1, 0.15) is 5.56 Å². The Morgan fingerprint density at radius 1 is 0.962 bits per heavy atom.